The van der Waals surface area contributed by atoms with E-state index in [9.17, 15) is 34.1 Å². The second-order valence-electron chi connectivity index (χ2n) is 7.21. The Hall–Kier alpha value is -4.52. The third-order valence-electron chi connectivity index (χ3n) is 4.82. The van der Waals surface area contributed by atoms with Gasteiger partial charge < -0.3 is 4.74 Å². The van der Waals surface area contributed by atoms with E-state index in [1.54, 1.807) is 12.1 Å². The van der Waals surface area contributed by atoms with Crippen LogP contribution in [0.15, 0.2) is 48.5 Å². The van der Waals surface area contributed by atoms with Gasteiger partial charge in [0.2, 0.25) is 5.91 Å². The third-order valence-corrected chi connectivity index (χ3v) is 5.15. The number of rotatable bonds is 7. The van der Waals surface area contributed by atoms with Crippen LogP contribution in [0.4, 0.5) is 5.69 Å². The maximum Gasteiger partial charge on any atom is 0.311 e. The molecule has 13 nitrogen and oxygen atoms in total. The molecule has 0 saturated carbocycles. The number of hydrogen-bond donors (Lipinski definition) is 3. The van der Waals surface area contributed by atoms with Gasteiger partial charge in [-0.2, -0.15) is 0 Å². The van der Waals surface area contributed by atoms with Crippen molar-refractivity contribution in [1.82, 2.24) is 21.3 Å². The molecule has 1 saturated heterocycles. The largest absolute Gasteiger partial charge is 0.455 e. The van der Waals surface area contributed by atoms with E-state index in [2.05, 4.69) is 16.3 Å². The van der Waals surface area contributed by atoms with Gasteiger partial charge >= 0.3 is 5.97 Å². The zero-order chi connectivity index (χ0) is 25.5. The van der Waals surface area contributed by atoms with Gasteiger partial charge in [-0.15, -0.1) is 0 Å². The predicted octanol–water partition coefficient (Wildman–Crippen LogP) is 0.746. The van der Waals surface area contributed by atoms with Crippen LogP contribution >= 0.6 is 11.6 Å². The molecular weight excluding hydrogens is 486 g/mol. The van der Waals surface area contributed by atoms with E-state index in [1.165, 1.54) is 30.3 Å². The van der Waals surface area contributed by atoms with Crippen LogP contribution in [-0.2, 0) is 19.1 Å². The molecule has 3 N–H and O–H groups in total. The first kappa shape index (κ1) is 25.1. The fourth-order valence-electron chi connectivity index (χ4n) is 3.11. The monoisotopic (exact) mass is 503 g/mol. The van der Waals surface area contributed by atoms with E-state index in [0.29, 0.717) is 0 Å². The SMILES string of the molecule is O=C(COC(=O)[C@@H]1CC(=O)N(NC(=O)c2ccccc2[N+](=O)[O-])C1)NNC(=O)c1ccccc1Cl. The highest BCUT2D eigenvalue weighted by molar-refractivity contribution is 6.33. The molecule has 182 valence electrons. The summed E-state index contributed by atoms with van der Waals surface area (Å²) >= 11 is 5.89. The van der Waals surface area contributed by atoms with Crippen LogP contribution < -0.4 is 16.3 Å². The molecule has 2 aromatic rings. The molecule has 0 aromatic heterocycles. The van der Waals surface area contributed by atoms with E-state index < -0.39 is 52.7 Å². The lowest BCUT2D eigenvalue weighted by Crippen LogP contribution is -2.44. The summed E-state index contributed by atoms with van der Waals surface area (Å²) in [5.41, 5.74) is 5.85. The van der Waals surface area contributed by atoms with Crippen molar-refractivity contribution < 1.29 is 33.6 Å². The summed E-state index contributed by atoms with van der Waals surface area (Å²) in [5.74, 6) is -4.90. The van der Waals surface area contributed by atoms with Gasteiger partial charge in [0.05, 0.1) is 28.0 Å². The van der Waals surface area contributed by atoms with E-state index >= 15 is 0 Å². The van der Waals surface area contributed by atoms with Gasteiger partial charge in [-0.25, -0.2) is 0 Å². The maximum atomic E-state index is 12.4. The fourth-order valence-corrected chi connectivity index (χ4v) is 3.33. The van der Waals surface area contributed by atoms with Gasteiger partial charge in [-0.05, 0) is 18.2 Å². The zero-order valence-corrected chi connectivity index (χ0v) is 18.6. The molecule has 0 spiro atoms. The molecule has 1 aliphatic rings. The van der Waals surface area contributed by atoms with Crippen LogP contribution in [0.3, 0.4) is 0 Å². The van der Waals surface area contributed by atoms with E-state index in [1.807, 2.05) is 0 Å². The molecule has 2 aromatic carbocycles. The Morgan fingerprint density at radius 1 is 1.03 bits per heavy atom. The van der Waals surface area contributed by atoms with Crippen molar-refractivity contribution in [3.05, 3.63) is 74.8 Å². The maximum absolute atomic E-state index is 12.4. The number of carbonyl (C=O) groups excluding carboxylic acids is 5. The summed E-state index contributed by atoms with van der Waals surface area (Å²) in [5, 5.41) is 12.1. The molecule has 0 bridgehead atoms. The van der Waals surface area contributed by atoms with E-state index in [0.717, 1.165) is 11.1 Å². The summed E-state index contributed by atoms with van der Waals surface area (Å²) in [7, 11) is 0. The minimum absolute atomic E-state index is 0.124. The Balaban J connectivity index is 1.47. The van der Waals surface area contributed by atoms with E-state index in [4.69, 9.17) is 16.3 Å². The molecule has 14 heteroatoms. The van der Waals surface area contributed by atoms with Crippen LogP contribution in [0.5, 0.6) is 0 Å². The number of para-hydroxylation sites is 1. The Kier molecular flexibility index (Phi) is 7.94. The second kappa shape index (κ2) is 11.1. The minimum atomic E-state index is -0.987. The summed E-state index contributed by atoms with van der Waals surface area (Å²) in [6.45, 7) is -0.996. The van der Waals surface area contributed by atoms with Gasteiger partial charge in [0, 0.05) is 12.5 Å². The van der Waals surface area contributed by atoms with Gasteiger partial charge in [0.1, 0.15) is 5.56 Å². The Bertz CT molecular complexity index is 1200. The summed E-state index contributed by atoms with van der Waals surface area (Å²) in [6.07, 6.45) is -0.305. The molecule has 1 atom stereocenters. The summed E-state index contributed by atoms with van der Waals surface area (Å²) in [4.78, 5) is 71.1. The highest BCUT2D eigenvalue weighted by Gasteiger charge is 2.37. The minimum Gasteiger partial charge on any atom is -0.455 e. The molecule has 0 unspecified atom stereocenters. The number of nitro groups is 1. The third kappa shape index (κ3) is 6.29. The summed E-state index contributed by atoms with van der Waals surface area (Å²) < 4.78 is 4.88. The van der Waals surface area contributed by atoms with Crippen molar-refractivity contribution in [2.75, 3.05) is 13.2 Å². The van der Waals surface area contributed by atoms with Gasteiger partial charge in [0.15, 0.2) is 6.61 Å². The van der Waals surface area contributed by atoms with Crippen LogP contribution in [0.25, 0.3) is 0 Å². The zero-order valence-electron chi connectivity index (χ0n) is 17.9. The molecule has 0 radical (unpaired) electrons. The first-order chi connectivity index (χ1) is 16.7. The van der Waals surface area contributed by atoms with Crippen molar-refractivity contribution in [2.24, 2.45) is 5.92 Å². The second-order valence-corrected chi connectivity index (χ2v) is 7.62. The van der Waals surface area contributed by atoms with Crippen molar-refractivity contribution in [3.8, 4) is 0 Å². The normalized spacial score (nSPS) is 14.7. The van der Waals surface area contributed by atoms with Gasteiger partial charge in [0.25, 0.3) is 23.4 Å². The number of nitrogens with one attached hydrogen (secondary N) is 3. The number of nitrogens with zero attached hydrogens (tertiary/aromatic N) is 2. The van der Waals surface area contributed by atoms with Crippen molar-refractivity contribution in [2.45, 2.75) is 6.42 Å². The number of benzene rings is 2. The van der Waals surface area contributed by atoms with Crippen LogP contribution in [-0.4, -0.2) is 52.7 Å². The van der Waals surface area contributed by atoms with Crippen molar-refractivity contribution in [3.63, 3.8) is 0 Å². The lowest BCUT2D eigenvalue weighted by molar-refractivity contribution is -0.385. The molecule has 4 amide bonds. The number of hydrazine groups is 2. The highest BCUT2D eigenvalue weighted by Crippen LogP contribution is 2.20. The number of carbonyl (C=O) groups is 5. The van der Waals surface area contributed by atoms with Crippen molar-refractivity contribution in [1.29, 1.82) is 0 Å². The van der Waals surface area contributed by atoms with Gasteiger partial charge in [-0.3, -0.25) is 55.4 Å². The first-order valence-corrected chi connectivity index (χ1v) is 10.4. The molecule has 1 fully saturated rings. The number of esters is 1. The molecule has 35 heavy (non-hydrogen) atoms. The Morgan fingerprint density at radius 3 is 2.37 bits per heavy atom. The topological polar surface area (TPSA) is 177 Å². The number of hydrogen-bond acceptors (Lipinski definition) is 8. The number of halogens is 1. The van der Waals surface area contributed by atoms with Gasteiger partial charge in [-0.1, -0.05) is 35.9 Å². The Morgan fingerprint density at radius 2 is 1.69 bits per heavy atom. The smallest absolute Gasteiger partial charge is 0.311 e. The molecule has 3 rings (SSSR count). The first-order valence-electron chi connectivity index (χ1n) is 10.0. The highest BCUT2D eigenvalue weighted by atomic mass is 35.5. The molecule has 1 aliphatic heterocycles. The predicted molar refractivity (Wildman–Crippen MR) is 118 cm³/mol. The molecule has 0 aliphatic carbocycles. The average molecular weight is 504 g/mol. The number of nitro benzene ring substituents is 1. The number of ether oxygens (including phenoxy) is 1. The van der Waals surface area contributed by atoms with Crippen LogP contribution in [0, 0.1) is 16.0 Å². The van der Waals surface area contributed by atoms with Crippen LogP contribution in [0.2, 0.25) is 5.02 Å². The summed E-state index contributed by atoms with van der Waals surface area (Å²) in [6, 6.07) is 11.3. The van der Waals surface area contributed by atoms with Crippen LogP contribution in [0.1, 0.15) is 27.1 Å². The van der Waals surface area contributed by atoms with Crippen molar-refractivity contribution >= 4 is 46.9 Å². The number of amides is 4. The molecule has 1 heterocycles. The quantitative estimate of drug-likeness (QED) is 0.281. The van der Waals surface area contributed by atoms with E-state index in [-0.39, 0.29) is 29.1 Å². The Labute approximate surface area is 202 Å². The fraction of sp³-hybridized carbons (Fsp3) is 0.190. The standard InChI is InChI=1S/C21H18ClN5O8/c22-15-7-3-1-5-13(15)19(30)24-23-17(28)11-35-21(32)12-9-18(29)26(10-12)25-20(31)14-6-2-4-8-16(14)27(33)34/h1-8,12H,9-11H2,(H,23,28)(H,24,30)(H,25,31)/t12-/m1/s1. The average Bonchev–Trinajstić information content (AvgIpc) is 3.21. The lowest BCUT2D eigenvalue weighted by atomic mass is 10.1. The lowest BCUT2D eigenvalue weighted by Gasteiger charge is -2.17. The molecular formula is C21H18ClN5O8.